The number of benzene rings is 4. The van der Waals surface area contributed by atoms with Crippen LogP contribution >= 0.6 is 47.0 Å². The summed E-state index contributed by atoms with van der Waals surface area (Å²) in [4.78, 5) is 0. The van der Waals surface area contributed by atoms with Crippen LogP contribution in [-0.2, 0) is 46.0 Å². The van der Waals surface area contributed by atoms with E-state index in [0.717, 1.165) is 80.1 Å². The third-order valence-corrected chi connectivity index (χ3v) is 12.0. The summed E-state index contributed by atoms with van der Waals surface area (Å²) in [5.74, 6) is 9.16. The molecule has 46 heavy (non-hydrogen) atoms. The van der Waals surface area contributed by atoms with Gasteiger partial charge in [-0.3, -0.25) is 0 Å². The van der Waals surface area contributed by atoms with Crippen LogP contribution in [0.25, 0.3) is 22.5 Å². The maximum Gasteiger partial charge on any atom is 0.147 e. The minimum atomic E-state index is 0.783. The molecule has 6 aromatic rings. The van der Waals surface area contributed by atoms with Crippen LogP contribution in [0.4, 0.5) is 0 Å². The number of nitrogens with zero attached hydrogens (tertiary/aromatic N) is 2. The molecule has 8 bridgehead atoms. The van der Waals surface area contributed by atoms with Crippen molar-refractivity contribution in [3.63, 3.8) is 0 Å². The normalized spacial score (nSPS) is 14.8. The van der Waals surface area contributed by atoms with Gasteiger partial charge in [-0.05, 0) is 33.4 Å². The van der Waals surface area contributed by atoms with E-state index in [1.165, 1.54) is 33.4 Å². The molecule has 232 valence electrons. The van der Waals surface area contributed by atoms with Crippen molar-refractivity contribution in [2.45, 2.75) is 46.0 Å². The first-order valence-electron chi connectivity index (χ1n) is 15.3. The summed E-state index contributed by atoms with van der Waals surface area (Å²) in [6, 6.07) is 39.2. The lowest BCUT2D eigenvalue weighted by Crippen LogP contribution is -1.92. The lowest BCUT2D eigenvalue weighted by Gasteiger charge is -2.10. The van der Waals surface area contributed by atoms with Gasteiger partial charge in [-0.2, -0.15) is 23.5 Å². The Balaban J connectivity index is 1.07. The van der Waals surface area contributed by atoms with Gasteiger partial charge >= 0.3 is 0 Å². The Morgan fingerprint density at radius 1 is 0.391 bits per heavy atom. The quantitative estimate of drug-likeness (QED) is 0.157. The molecule has 4 nitrogen and oxygen atoms in total. The second-order valence-corrected chi connectivity index (χ2v) is 15.2. The van der Waals surface area contributed by atoms with E-state index in [1.54, 1.807) is 0 Å². The number of hydrogen-bond acceptors (Lipinski definition) is 8. The smallest absolute Gasteiger partial charge is 0.147 e. The summed E-state index contributed by atoms with van der Waals surface area (Å²) in [5, 5.41) is 8.74. The molecule has 0 atom stereocenters. The Morgan fingerprint density at radius 3 is 1.11 bits per heavy atom. The zero-order chi connectivity index (χ0) is 31.0. The monoisotopic (exact) mass is 678 g/mol. The van der Waals surface area contributed by atoms with Crippen molar-refractivity contribution in [2.24, 2.45) is 0 Å². The predicted molar refractivity (Wildman–Crippen MR) is 197 cm³/mol. The summed E-state index contributed by atoms with van der Waals surface area (Å²) in [6.45, 7) is 0. The lowest BCUT2D eigenvalue weighted by molar-refractivity contribution is 0.397. The van der Waals surface area contributed by atoms with Crippen molar-refractivity contribution in [2.75, 3.05) is 0 Å². The molecular formula is C38H34N2O2S4. The van der Waals surface area contributed by atoms with Crippen LogP contribution in [0.15, 0.2) is 118 Å². The lowest BCUT2D eigenvalue weighted by atomic mass is 10.1. The van der Waals surface area contributed by atoms with Gasteiger partial charge in [0.05, 0.1) is 11.5 Å². The van der Waals surface area contributed by atoms with E-state index in [2.05, 4.69) is 120 Å². The van der Waals surface area contributed by atoms with Crippen LogP contribution in [0.2, 0.25) is 0 Å². The number of thioether (sulfide) groups is 4. The van der Waals surface area contributed by atoms with E-state index in [9.17, 15) is 0 Å². The minimum absolute atomic E-state index is 0.783. The highest BCUT2D eigenvalue weighted by Crippen LogP contribution is 2.30. The summed E-state index contributed by atoms with van der Waals surface area (Å²) in [6.07, 6.45) is 0. The molecule has 0 fully saturated rings. The number of rotatable bonds is 0. The van der Waals surface area contributed by atoms with E-state index >= 15 is 0 Å². The van der Waals surface area contributed by atoms with E-state index in [0.29, 0.717) is 0 Å². The molecule has 3 aliphatic heterocycles. The van der Waals surface area contributed by atoms with Crippen molar-refractivity contribution >= 4 is 47.0 Å². The third kappa shape index (κ3) is 8.15. The second kappa shape index (κ2) is 15.5. The van der Waals surface area contributed by atoms with Gasteiger partial charge in [-0.15, -0.1) is 23.5 Å². The highest BCUT2D eigenvalue weighted by atomic mass is 32.2. The number of fused-ring (bicyclic) bond motifs is 2. The van der Waals surface area contributed by atoms with Gasteiger partial charge in [0.25, 0.3) is 0 Å². The van der Waals surface area contributed by atoms with E-state index < -0.39 is 0 Å². The molecule has 0 spiro atoms. The molecule has 0 saturated carbocycles. The Morgan fingerprint density at radius 2 is 0.739 bits per heavy atom. The zero-order valence-electron chi connectivity index (χ0n) is 25.4. The molecule has 5 heterocycles. The zero-order valence-corrected chi connectivity index (χ0v) is 28.7. The first-order valence-corrected chi connectivity index (χ1v) is 19.9. The van der Waals surface area contributed by atoms with Crippen molar-refractivity contribution in [3.8, 4) is 22.5 Å². The van der Waals surface area contributed by atoms with Crippen LogP contribution in [0.1, 0.15) is 44.9 Å². The fraction of sp³-hybridized carbons (Fsp3) is 0.211. The Labute approximate surface area is 287 Å². The van der Waals surface area contributed by atoms with E-state index in [-0.39, 0.29) is 0 Å². The average Bonchev–Trinajstić information content (AvgIpc) is 3.77. The molecule has 0 aliphatic carbocycles. The van der Waals surface area contributed by atoms with Crippen molar-refractivity contribution < 1.29 is 9.05 Å². The molecule has 0 saturated heterocycles. The largest absolute Gasteiger partial charge is 0.360 e. The molecule has 0 unspecified atom stereocenters. The SMILES string of the molecule is c1ccc2c(c1)CSCc1ccc(cc1)-c1cc(on1)CSCc1ccccc1CSCc1cc(no1)-c1ccc(cc1)CSC2. The maximum atomic E-state index is 5.72. The third-order valence-electron chi connectivity index (χ3n) is 7.91. The van der Waals surface area contributed by atoms with Crippen LogP contribution < -0.4 is 0 Å². The minimum Gasteiger partial charge on any atom is -0.360 e. The molecule has 0 N–H and O–H groups in total. The predicted octanol–water partition coefficient (Wildman–Crippen LogP) is 11.0. The van der Waals surface area contributed by atoms with Gasteiger partial charge in [0.1, 0.15) is 22.9 Å². The first kappa shape index (κ1) is 31.3. The van der Waals surface area contributed by atoms with Crippen molar-refractivity contribution in [1.29, 1.82) is 0 Å². The molecule has 8 heteroatoms. The van der Waals surface area contributed by atoms with Gasteiger partial charge in [0.2, 0.25) is 0 Å². The van der Waals surface area contributed by atoms with Gasteiger partial charge in [-0.25, -0.2) is 0 Å². The van der Waals surface area contributed by atoms with Gasteiger partial charge in [-0.1, -0.05) is 107 Å². The average molecular weight is 679 g/mol. The molecule has 0 amide bonds. The Bertz CT molecular complexity index is 1730. The summed E-state index contributed by atoms with van der Waals surface area (Å²) in [5.41, 5.74) is 12.2. The highest BCUT2D eigenvalue weighted by molar-refractivity contribution is 7.98. The molecule has 0 radical (unpaired) electrons. The van der Waals surface area contributed by atoms with Crippen molar-refractivity contribution in [1.82, 2.24) is 10.3 Å². The molecule has 2 aromatic heterocycles. The molecular weight excluding hydrogens is 645 g/mol. The number of hydrogen-bond donors (Lipinski definition) is 0. The molecule has 4 aromatic carbocycles. The molecule has 3 aliphatic rings. The van der Waals surface area contributed by atoms with Gasteiger partial charge in [0, 0.05) is 57.8 Å². The van der Waals surface area contributed by atoms with E-state index in [4.69, 9.17) is 9.05 Å². The van der Waals surface area contributed by atoms with Gasteiger partial charge in [0.15, 0.2) is 0 Å². The standard InChI is InChI=1S/C38H34N2O2S4/c1-2-6-32-22-44-20-28-11-15-30(16-12-28)38-18-36(42-40-38)26-46-24-34-8-4-3-7-33(34)23-45-25-35-17-37(39-41-35)29-13-9-27(10-14-29)19-43-21-31(32)5-1/h1-18H,19-26H2. The van der Waals surface area contributed by atoms with Crippen LogP contribution in [-0.4, -0.2) is 10.3 Å². The second-order valence-electron chi connectivity index (χ2n) is 11.3. The summed E-state index contributed by atoms with van der Waals surface area (Å²) >= 11 is 7.64. The first-order chi connectivity index (χ1) is 22.8. The Hall–Kier alpha value is -3.30. The summed E-state index contributed by atoms with van der Waals surface area (Å²) < 4.78 is 11.4. The molecule has 9 rings (SSSR count). The Kier molecular flexibility index (Phi) is 10.6. The van der Waals surface area contributed by atoms with Gasteiger partial charge < -0.3 is 9.05 Å². The highest BCUT2D eigenvalue weighted by Gasteiger charge is 2.11. The van der Waals surface area contributed by atoms with Crippen molar-refractivity contribution in [3.05, 3.63) is 154 Å². The maximum absolute atomic E-state index is 5.72. The fourth-order valence-electron chi connectivity index (χ4n) is 5.34. The number of aromatic nitrogens is 2. The van der Waals surface area contributed by atoms with Crippen LogP contribution in [0, 0.1) is 0 Å². The summed E-state index contributed by atoms with van der Waals surface area (Å²) in [7, 11) is 0. The topological polar surface area (TPSA) is 52.1 Å². The van der Waals surface area contributed by atoms with Crippen LogP contribution in [0.5, 0.6) is 0 Å². The van der Waals surface area contributed by atoms with E-state index in [1.807, 2.05) is 47.0 Å². The van der Waals surface area contributed by atoms with Crippen LogP contribution in [0.3, 0.4) is 0 Å². The fourth-order valence-corrected chi connectivity index (χ4v) is 9.28.